The Hall–Kier alpha value is -4.73. The molecule has 35 heavy (non-hydrogen) atoms. The predicted octanol–water partition coefficient (Wildman–Crippen LogP) is 4.47. The molecule has 0 fully saturated rings. The molecule has 0 heterocycles. The molecule has 0 bridgehead atoms. The Morgan fingerprint density at radius 1 is 1.03 bits per heavy atom. The Morgan fingerprint density at radius 2 is 1.71 bits per heavy atom. The molecular weight excluding hydrogens is 452 g/mol. The van der Waals surface area contributed by atoms with E-state index in [2.05, 4.69) is 10.6 Å². The minimum absolute atomic E-state index is 0.0835. The molecule has 0 atom stereocenters. The van der Waals surface area contributed by atoms with Crippen molar-refractivity contribution in [3.8, 4) is 17.2 Å². The Kier molecular flexibility index (Phi) is 8.12. The molecule has 10 heteroatoms. The number of carbonyl (C=O) groups excluding carboxylic acids is 1. The van der Waals surface area contributed by atoms with Crippen LogP contribution in [0.4, 0.5) is 22.7 Å². The molecule has 0 spiro atoms. The lowest BCUT2D eigenvalue weighted by Gasteiger charge is -2.15. The highest BCUT2D eigenvalue weighted by atomic mass is 16.6. The van der Waals surface area contributed by atoms with Crippen LogP contribution in [0.25, 0.3) is 6.08 Å². The van der Waals surface area contributed by atoms with E-state index in [0.29, 0.717) is 45.4 Å². The summed E-state index contributed by atoms with van der Waals surface area (Å²) in [6.07, 6.45) is 2.79. The number of hydrogen-bond donors (Lipinski definition) is 3. The van der Waals surface area contributed by atoms with Crippen LogP contribution >= 0.6 is 0 Å². The zero-order valence-electron chi connectivity index (χ0n) is 19.5. The highest BCUT2D eigenvalue weighted by Crippen LogP contribution is 2.40. The molecule has 3 aromatic carbocycles. The highest BCUT2D eigenvalue weighted by molar-refractivity contribution is 6.03. The van der Waals surface area contributed by atoms with Gasteiger partial charge in [-0.2, -0.15) is 0 Å². The van der Waals surface area contributed by atoms with Crippen molar-refractivity contribution in [2.45, 2.75) is 6.54 Å². The van der Waals surface area contributed by atoms with E-state index >= 15 is 0 Å². The fourth-order valence-electron chi connectivity index (χ4n) is 3.34. The monoisotopic (exact) mass is 478 g/mol. The molecule has 10 nitrogen and oxygen atoms in total. The SMILES string of the molecule is COc1cc(NCc2ccc(/C=C\C(=O)Nc3ccccc3N)cc2[N+](=O)[O-])cc(OC)c1OC. The largest absolute Gasteiger partial charge is 0.493 e. The lowest BCUT2D eigenvalue weighted by Crippen LogP contribution is -2.09. The van der Waals surface area contributed by atoms with E-state index in [-0.39, 0.29) is 12.2 Å². The van der Waals surface area contributed by atoms with E-state index in [1.54, 1.807) is 48.5 Å². The van der Waals surface area contributed by atoms with E-state index in [0.717, 1.165) is 0 Å². The van der Waals surface area contributed by atoms with Gasteiger partial charge in [-0.3, -0.25) is 14.9 Å². The highest BCUT2D eigenvalue weighted by Gasteiger charge is 2.16. The summed E-state index contributed by atoms with van der Waals surface area (Å²) in [4.78, 5) is 23.4. The molecule has 0 saturated carbocycles. The maximum absolute atomic E-state index is 12.2. The van der Waals surface area contributed by atoms with Crippen molar-refractivity contribution in [2.75, 3.05) is 37.7 Å². The third kappa shape index (κ3) is 6.20. The summed E-state index contributed by atoms with van der Waals surface area (Å²) in [5.41, 5.74) is 8.26. The van der Waals surface area contributed by atoms with Crippen molar-refractivity contribution in [2.24, 2.45) is 0 Å². The van der Waals surface area contributed by atoms with E-state index in [1.165, 1.54) is 39.5 Å². The van der Waals surface area contributed by atoms with Crippen LogP contribution in [0.2, 0.25) is 0 Å². The van der Waals surface area contributed by atoms with Gasteiger partial charge >= 0.3 is 0 Å². The van der Waals surface area contributed by atoms with Gasteiger partial charge in [-0.05, 0) is 29.8 Å². The van der Waals surface area contributed by atoms with Crippen LogP contribution in [0, 0.1) is 10.1 Å². The quantitative estimate of drug-likeness (QED) is 0.168. The Balaban J connectivity index is 1.75. The van der Waals surface area contributed by atoms with E-state index in [9.17, 15) is 14.9 Å². The minimum Gasteiger partial charge on any atom is -0.493 e. The van der Waals surface area contributed by atoms with Gasteiger partial charge in [0, 0.05) is 42.1 Å². The summed E-state index contributed by atoms with van der Waals surface area (Å²) in [7, 11) is 4.52. The zero-order valence-corrected chi connectivity index (χ0v) is 19.5. The minimum atomic E-state index is -0.464. The van der Waals surface area contributed by atoms with Gasteiger partial charge in [-0.15, -0.1) is 0 Å². The number of amides is 1. The van der Waals surface area contributed by atoms with E-state index < -0.39 is 10.8 Å². The molecule has 3 rings (SSSR count). The van der Waals surface area contributed by atoms with E-state index in [1.807, 2.05) is 0 Å². The third-order valence-electron chi connectivity index (χ3n) is 5.10. The van der Waals surface area contributed by atoms with Crippen LogP contribution in [0.5, 0.6) is 17.2 Å². The second-order valence-electron chi connectivity index (χ2n) is 7.32. The Bertz CT molecular complexity index is 1230. The number of nitrogens with zero attached hydrogens (tertiary/aromatic N) is 1. The van der Waals surface area contributed by atoms with Gasteiger partial charge in [0.05, 0.1) is 37.6 Å². The number of nitrogens with one attached hydrogen (secondary N) is 2. The van der Waals surface area contributed by atoms with Crippen LogP contribution in [-0.4, -0.2) is 32.2 Å². The number of methoxy groups -OCH3 is 3. The molecule has 0 aliphatic carbocycles. The number of ether oxygens (including phenoxy) is 3. The van der Waals surface area contributed by atoms with Gasteiger partial charge < -0.3 is 30.6 Å². The summed E-state index contributed by atoms with van der Waals surface area (Å²) in [6.45, 7) is 0.173. The van der Waals surface area contributed by atoms with Gasteiger partial charge in [-0.1, -0.05) is 18.2 Å². The van der Waals surface area contributed by atoms with Crippen LogP contribution in [-0.2, 0) is 11.3 Å². The lowest BCUT2D eigenvalue weighted by atomic mass is 10.1. The number of nitro benzene ring substituents is 1. The number of carbonyl (C=O) groups is 1. The predicted molar refractivity (Wildman–Crippen MR) is 135 cm³/mol. The van der Waals surface area contributed by atoms with Crippen LogP contribution < -0.4 is 30.6 Å². The lowest BCUT2D eigenvalue weighted by molar-refractivity contribution is -0.385. The van der Waals surface area contributed by atoms with Crippen LogP contribution in [0.3, 0.4) is 0 Å². The van der Waals surface area contributed by atoms with Gasteiger partial charge in [0.2, 0.25) is 11.7 Å². The number of para-hydroxylation sites is 2. The molecule has 3 aromatic rings. The number of rotatable bonds is 10. The fraction of sp³-hybridized carbons (Fsp3) is 0.160. The maximum Gasteiger partial charge on any atom is 0.274 e. The average molecular weight is 479 g/mol. The number of nitrogen functional groups attached to an aromatic ring is 1. The topological polar surface area (TPSA) is 138 Å². The average Bonchev–Trinajstić information content (AvgIpc) is 2.86. The van der Waals surface area contributed by atoms with Gasteiger partial charge in [0.15, 0.2) is 11.5 Å². The molecule has 0 aromatic heterocycles. The number of nitrogens with two attached hydrogens (primary N) is 1. The molecule has 0 unspecified atom stereocenters. The Morgan fingerprint density at radius 3 is 2.31 bits per heavy atom. The molecule has 1 amide bonds. The molecule has 182 valence electrons. The molecule has 0 radical (unpaired) electrons. The van der Waals surface area contributed by atoms with Gasteiger partial charge in [-0.25, -0.2) is 0 Å². The van der Waals surface area contributed by atoms with Gasteiger partial charge in [0.1, 0.15) is 0 Å². The zero-order chi connectivity index (χ0) is 25.4. The molecular formula is C25H26N4O6. The van der Waals surface area contributed by atoms with Crippen LogP contribution in [0.1, 0.15) is 11.1 Å². The fourth-order valence-corrected chi connectivity index (χ4v) is 3.34. The van der Waals surface area contributed by atoms with Crippen molar-refractivity contribution < 1.29 is 23.9 Å². The van der Waals surface area contributed by atoms with E-state index in [4.69, 9.17) is 19.9 Å². The Labute approximate surface area is 202 Å². The standard InChI is InChI=1S/C25H26N4O6/c1-33-22-13-18(14-23(34-2)25(22)35-3)27-15-17-10-8-16(12-21(17)29(31)32)9-11-24(30)28-20-7-5-4-6-19(20)26/h4-14,27H,15,26H2,1-3H3,(H,28,30)/b11-9-. The first-order valence-electron chi connectivity index (χ1n) is 10.5. The second-order valence-corrected chi connectivity index (χ2v) is 7.32. The van der Waals surface area contributed by atoms with Crippen molar-refractivity contribution in [1.82, 2.24) is 0 Å². The summed E-state index contributed by atoms with van der Waals surface area (Å²) >= 11 is 0. The molecule has 4 N–H and O–H groups in total. The number of hydrogen-bond acceptors (Lipinski definition) is 8. The summed E-state index contributed by atoms with van der Waals surface area (Å²) < 4.78 is 16.0. The first-order chi connectivity index (χ1) is 16.9. The first-order valence-corrected chi connectivity index (χ1v) is 10.5. The van der Waals surface area contributed by atoms with Crippen molar-refractivity contribution >= 4 is 34.7 Å². The molecule has 0 aliphatic heterocycles. The third-order valence-corrected chi connectivity index (χ3v) is 5.10. The first kappa shape index (κ1) is 24.9. The van der Waals surface area contributed by atoms with Gasteiger partial charge in [0.25, 0.3) is 5.69 Å². The number of anilines is 3. The second kappa shape index (κ2) is 11.4. The smallest absolute Gasteiger partial charge is 0.274 e. The number of nitro groups is 1. The normalized spacial score (nSPS) is 10.6. The summed E-state index contributed by atoms with van der Waals surface area (Å²) in [5, 5.41) is 17.5. The van der Waals surface area contributed by atoms with Crippen molar-refractivity contribution in [3.05, 3.63) is 81.9 Å². The molecule has 0 saturated heterocycles. The van der Waals surface area contributed by atoms with Crippen LogP contribution in [0.15, 0.2) is 60.7 Å². The molecule has 0 aliphatic rings. The van der Waals surface area contributed by atoms with Crippen molar-refractivity contribution in [3.63, 3.8) is 0 Å². The summed E-state index contributed by atoms with van der Waals surface area (Å²) in [6, 6.07) is 15.0. The van der Waals surface area contributed by atoms with Crippen molar-refractivity contribution in [1.29, 1.82) is 0 Å². The maximum atomic E-state index is 12.2. The summed E-state index contributed by atoms with van der Waals surface area (Å²) in [5.74, 6) is 0.958. The number of benzene rings is 3.